The van der Waals surface area contributed by atoms with Crippen molar-refractivity contribution in [2.24, 2.45) is 5.41 Å². The summed E-state index contributed by atoms with van der Waals surface area (Å²) in [6.45, 7) is 9.10. The van der Waals surface area contributed by atoms with Crippen molar-refractivity contribution in [2.45, 2.75) is 13.8 Å². The van der Waals surface area contributed by atoms with E-state index in [9.17, 15) is 4.57 Å². The summed E-state index contributed by atoms with van der Waals surface area (Å²) in [5.74, 6) is 0. The number of aliphatic hydroxyl groups is 2. The molecular formula is C10H30N2O8P2. The molecule has 10 nitrogen and oxygen atoms in total. The molecule has 0 spiro atoms. The summed E-state index contributed by atoms with van der Waals surface area (Å²) >= 11 is 0. The molecule has 0 saturated carbocycles. The van der Waals surface area contributed by atoms with Crippen LogP contribution in [0.5, 0.6) is 0 Å². The summed E-state index contributed by atoms with van der Waals surface area (Å²) in [6.07, 6.45) is 0. The first kappa shape index (κ1) is 27.0. The second-order valence-electron chi connectivity index (χ2n) is 5.10. The van der Waals surface area contributed by atoms with Gasteiger partial charge in [-0.2, -0.15) is 0 Å². The molecule has 0 aliphatic carbocycles. The molecule has 0 aromatic heterocycles. The molecule has 0 amide bonds. The van der Waals surface area contributed by atoms with Gasteiger partial charge in [0.25, 0.3) is 0 Å². The van der Waals surface area contributed by atoms with E-state index < -0.39 is 15.9 Å². The maximum absolute atomic E-state index is 9.33. The van der Waals surface area contributed by atoms with Crippen molar-refractivity contribution < 1.29 is 38.9 Å². The molecule has 1 heterocycles. The Labute approximate surface area is 131 Å². The highest BCUT2D eigenvalue weighted by Crippen LogP contribution is 2.26. The van der Waals surface area contributed by atoms with Crippen LogP contribution in [0.15, 0.2) is 0 Å². The first-order valence-electron chi connectivity index (χ1n) is 6.43. The van der Waals surface area contributed by atoms with E-state index in [4.69, 9.17) is 34.4 Å². The minimum absolute atomic E-state index is 0.0451. The van der Waals surface area contributed by atoms with Gasteiger partial charge in [-0.25, -0.2) is 0 Å². The number of hydrogen-bond acceptors (Lipinski definition) is 6. The van der Waals surface area contributed by atoms with Gasteiger partial charge < -0.3 is 40.4 Å². The number of hydrogen-bond donors (Lipinski definition) is 8. The van der Waals surface area contributed by atoms with Gasteiger partial charge in [-0.05, 0) is 0 Å². The molecule has 1 aliphatic rings. The van der Waals surface area contributed by atoms with Gasteiger partial charge in [-0.15, -0.1) is 0 Å². The zero-order valence-corrected chi connectivity index (χ0v) is 15.1. The minimum atomic E-state index is -3.64. The average molecular weight is 368 g/mol. The number of aliphatic hydroxyl groups excluding tert-OH is 2. The SMILES string of the molecule is C1CNCCN1.CC(C)(CO)CO.CP(=O)(O)O.O=[PH](O)O. The quantitative estimate of drug-likeness (QED) is 0.263. The van der Waals surface area contributed by atoms with Gasteiger partial charge >= 0.3 is 15.9 Å². The van der Waals surface area contributed by atoms with Crippen LogP contribution < -0.4 is 10.6 Å². The van der Waals surface area contributed by atoms with Gasteiger partial charge in [0, 0.05) is 38.3 Å². The highest BCUT2D eigenvalue weighted by atomic mass is 31.2. The third kappa shape index (κ3) is 50.1. The van der Waals surface area contributed by atoms with Crippen LogP contribution in [0.4, 0.5) is 0 Å². The monoisotopic (exact) mass is 368 g/mol. The summed E-state index contributed by atoms with van der Waals surface area (Å²) in [4.78, 5) is 29.6. The Balaban J connectivity index is -0.000000224. The minimum Gasteiger partial charge on any atom is -0.396 e. The second-order valence-corrected chi connectivity index (χ2v) is 7.33. The summed E-state index contributed by atoms with van der Waals surface area (Å²) in [5, 5.41) is 23.3. The normalized spacial score (nSPS) is 14.6. The Morgan fingerprint density at radius 1 is 1.00 bits per heavy atom. The van der Waals surface area contributed by atoms with Crippen LogP contribution in [0.25, 0.3) is 0 Å². The first-order chi connectivity index (χ1) is 9.85. The Hall–Kier alpha value is 0.140. The summed E-state index contributed by atoms with van der Waals surface area (Å²) in [7, 11) is -6.77. The molecule has 1 saturated heterocycles. The Morgan fingerprint density at radius 2 is 1.18 bits per heavy atom. The van der Waals surface area contributed by atoms with Crippen LogP contribution in [0.1, 0.15) is 13.8 Å². The Kier molecular flexibility index (Phi) is 19.7. The predicted molar refractivity (Wildman–Crippen MR) is 85.1 cm³/mol. The maximum atomic E-state index is 9.33. The molecular weight excluding hydrogens is 338 g/mol. The molecule has 22 heavy (non-hydrogen) atoms. The molecule has 0 radical (unpaired) electrons. The first-order valence-corrected chi connectivity index (χ1v) is 9.80. The third-order valence-corrected chi connectivity index (χ3v) is 1.81. The fourth-order valence-corrected chi connectivity index (χ4v) is 0.654. The van der Waals surface area contributed by atoms with E-state index in [1.54, 1.807) is 13.8 Å². The fraction of sp³-hybridized carbons (Fsp3) is 1.00. The lowest BCUT2D eigenvalue weighted by molar-refractivity contribution is 0.0857. The summed E-state index contributed by atoms with van der Waals surface area (Å²) in [5.41, 5.74) is -0.306. The number of piperazine rings is 1. The van der Waals surface area contributed by atoms with E-state index in [1.165, 1.54) is 0 Å². The van der Waals surface area contributed by atoms with Crippen LogP contribution in [0.3, 0.4) is 0 Å². The molecule has 0 bridgehead atoms. The number of rotatable bonds is 2. The van der Waals surface area contributed by atoms with Crippen molar-refractivity contribution in [1.29, 1.82) is 0 Å². The van der Waals surface area contributed by atoms with E-state index in [2.05, 4.69) is 10.6 Å². The number of nitrogens with one attached hydrogen (secondary N) is 2. The summed E-state index contributed by atoms with van der Waals surface area (Å²) < 4.78 is 18.1. The van der Waals surface area contributed by atoms with Gasteiger partial charge in [0.05, 0.1) is 13.2 Å². The Bertz CT molecular complexity index is 278. The van der Waals surface area contributed by atoms with Gasteiger partial charge in [-0.1, -0.05) is 13.8 Å². The maximum Gasteiger partial charge on any atom is 0.322 e. The smallest absolute Gasteiger partial charge is 0.322 e. The molecule has 12 heteroatoms. The van der Waals surface area contributed by atoms with Crippen molar-refractivity contribution >= 4 is 15.9 Å². The molecule has 0 aromatic rings. The van der Waals surface area contributed by atoms with Crippen LogP contribution in [-0.2, 0) is 9.13 Å². The van der Waals surface area contributed by atoms with Crippen molar-refractivity contribution in [3.05, 3.63) is 0 Å². The largest absolute Gasteiger partial charge is 0.396 e. The van der Waals surface area contributed by atoms with Crippen LogP contribution in [-0.4, -0.2) is 75.8 Å². The molecule has 1 fully saturated rings. The lowest BCUT2D eigenvalue weighted by atomic mass is 9.97. The zero-order chi connectivity index (χ0) is 18.2. The predicted octanol–water partition coefficient (Wildman–Crippen LogP) is -1.67. The molecule has 138 valence electrons. The zero-order valence-electron chi connectivity index (χ0n) is 13.2. The molecule has 0 atom stereocenters. The van der Waals surface area contributed by atoms with Crippen molar-refractivity contribution in [3.63, 3.8) is 0 Å². The van der Waals surface area contributed by atoms with E-state index in [0.29, 0.717) is 0 Å². The van der Waals surface area contributed by atoms with E-state index >= 15 is 0 Å². The van der Waals surface area contributed by atoms with E-state index in [-0.39, 0.29) is 18.6 Å². The standard InChI is InChI=1S/C5H12O2.C4H10N2.CH5O3P.H3O3P/c1-5(2,3-6)4-7;1-2-6-4-3-5-1;1-5(2,3)4;1-4(2)3/h6-7H,3-4H2,1-2H3;5-6H,1-4H2;1H3,(H2,2,3,4);4H,(H2,1,2,3). The molecule has 1 aliphatic heterocycles. The molecule has 0 unspecified atom stereocenters. The molecule has 1 rings (SSSR count). The van der Waals surface area contributed by atoms with Gasteiger partial charge in [-0.3, -0.25) is 9.13 Å². The Morgan fingerprint density at radius 3 is 1.23 bits per heavy atom. The summed E-state index contributed by atoms with van der Waals surface area (Å²) in [6, 6.07) is 0. The van der Waals surface area contributed by atoms with Crippen LogP contribution >= 0.6 is 15.9 Å². The topological polar surface area (TPSA) is 180 Å². The van der Waals surface area contributed by atoms with Crippen LogP contribution in [0, 0.1) is 5.41 Å². The highest BCUT2D eigenvalue weighted by molar-refractivity contribution is 7.50. The lowest BCUT2D eigenvalue weighted by Gasteiger charge is -2.16. The average Bonchev–Trinajstić information content (AvgIpc) is 2.39. The van der Waals surface area contributed by atoms with Crippen LogP contribution in [0.2, 0.25) is 0 Å². The van der Waals surface area contributed by atoms with Crippen molar-refractivity contribution in [1.82, 2.24) is 10.6 Å². The van der Waals surface area contributed by atoms with E-state index in [0.717, 1.165) is 32.8 Å². The fourth-order valence-electron chi connectivity index (χ4n) is 0.654. The highest BCUT2D eigenvalue weighted by Gasteiger charge is 2.13. The molecule has 8 N–H and O–H groups in total. The van der Waals surface area contributed by atoms with Crippen molar-refractivity contribution in [3.8, 4) is 0 Å². The third-order valence-electron chi connectivity index (χ3n) is 1.81. The second kappa shape index (κ2) is 16.0. The van der Waals surface area contributed by atoms with Gasteiger partial charge in [0.1, 0.15) is 0 Å². The lowest BCUT2D eigenvalue weighted by Crippen LogP contribution is -2.39. The van der Waals surface area contributed by atoms with Gasteiger partial charge in [0.2, 0.25) is 0 Å². The molecule has 0 aromatic carbocycles. The van der Waals surface area contributed by atoms with Crippen molar-refractivity contribution in [2.75, 3.05) is 46.1 Å². The van der Waals surface area contributed by atoms with Gasteiger partial charge in [0.15, 0.2) is 0 Å². The van der Waals surface area contributed by atoms with E-state index in [1.807, 2.05) is 0 Å².